The molecule has 1 heterocycles. The Kier molecular flexibility index (Phi) is 4.09. The third-order valence-electron chi connectivity index (χ3n) is 2.61. The van der Waals surface area contributed by atoms with Gasteiger partial charge in [-0.25, -0.2) is 9.78 Å². The predicted molar refractivity (Wildman–Crippen MR) is 67.2 cm³/mol. The van der Waals surface area contributed by atoms with E-state index >= 15 is 0 Å². The first-order chi connectivity index (χ1) is 8.79. The van der Waals surface area contributed by atoms with Crippen LogP contribution in [-0.4, -0.2) is 33.3 Å². The smallest absolute Gasteiger partial charge is 0.327 e. The zero-order valence-corrected chi connectivity index (χ0v) is 9.86. The van der Waals surface area contributed by atoms with Crippen LogP contribution < -0.4 is 5.32 Å². The molecule has 0 spiro atoms. The molecular weight excluding hydrogens is 230 g/mol. The van der Waals surface area contributed by atoms with E-state index in [1.165, 1.54) is 17.1 Å². The molecule has 5 nitrogen and oxygen atoms in total. The van der Waals surface area contributed by atoms with Crippen molar-refractivity contribution >= 4 is 6.03 Å². The second-order valence-corrected chi connectivity index (χ2v) is 3.99. The summed E-state index contributed by atoms with van der Waals surface area (Å²) in [5, 5.41) is 12.0. The summed E-state index contributed by atoms with van der Waals surface area (Å²) < 4.78 is 1.34. The summed E-state index contributed by atoms with van der Waals surface area (Å²) in [7, 11) is 0. The van der Waals surface area contributed by atoms with Crippen LogP contribution in [0.25, 0.3) is 0 Å². The molecule has 0 aliphatic rings. The summed E-state index contributed by atoms with van der Waals surface area (Å²) in [6.07, 6.45) is 5.11. The average molecular weight is 245 g/mol. The minimum Gasteiger partial charge on any atom is -0.394 e. The molecule has 0 fully saturated rings. The van der Waals surface area contributed by atoms with Gasteiger partial charge in [-0.15, -0.1) is 0 Å². The quantitative estimate of drug-likeness (QED) is 0.846. The van der Waals surface area contributed by atoms with Crippen molar-refractivity contribution in [1.29, 1.82) is 0 Å². The zero-order valence-electron chi connectivity index (χ0n) is 9.86. The molecule has 0 bridgehead atoms. The van der Waals surface area contributed by atoms with Crippen LogP contribution in [0, 0.1) is 0 Å². The maximum absolute atomic E-state index is 11.8. The third kappa shape index (κ3) is 3.18. The number of carbonyl (C=O) groups excluding carboxylic acids is 1. The highest BCUT2D eigenvalue weighted by Gasteiger charge is 2.12. The average Bonchev–Trinajstić information content (AvgIpc) is 2.93. The number of rotatable bonds is 4. The normalized spacial score (nSPS) is 12.1. The molecule has 0 radical (unpaired) electrons. The molecule has 2 rings (SSSR count). The summed E-state index contributed by atoms with van der Waals surface area (Å²) in [4.78, 5) is 15.6. The van der Waals surface area contributed by atoms with Crippen LogP contribution in [0.2, 0.25) is 0 Å². The molecule has 5 heteroatoms. The van der Waals surface area contributed by atoms with E-state index in [4.69, 9.17) is 0 Å². The van der Waals surface area contributed by atoms with Crippen LogP contribution >= 0.6 is 0 Å². The number of aliphatic hydroxyl groups excluding tert-OH is 1. The number of imidazole rings is 1. The summed E-state index contributed by atoms with van der Waals surface area (Å²) in [6, 6.07) is 9.13. The molecule has 2 aromatic rings. The monoisotopic (exact) mass is 245 g/mol. The van der Waals surface area contributed by atoms with Gasteiger partial charge in [-0.05, 0) is 12.0 Å². The molecule has 94 valence electrons. The SMILES string of the molecule is O=C(N[C@@H](CO)Cc1ccccc1)n1ccnc1. The Morgan fingerprint density at radius 1 is 1.39 bits per heavy atom. The van der Waals surface area contributed by atoms with Crippen LogP contribution in [0.15, 0.2) is 49.1 Å². The van der Waals surface area contributed by atoms with Gasteiger partial charge in [0.25, 0.3) is 0 Å². The topological polar surface area (TPSA) is 67.2 Å². The van der Waals surface area contributed by atoms with Gasteiger partial charge in [0.15, 0.2) is 0 Å². The first-order valence-corrected chi connectivity index (χ1v) is 5.73. The van der Waals surface area contributed by atoms with Crippen LogP contribution in [0.3, 0.4) is 0 Å². The molecule has 1 atom stereocenters. The van der Waals surface area contributed by atoms with E-state index in [9.17, 15) is 9.90 Å². The van der Waals surface area contributed by atoms with Gasteiger partial charge in [-0.3, -0.25) is 4.57 Å². The number of aromatic nitrogens is 2. The molecule has 0 saturated carbocycles. The molecular formula is C13H15N3O2. The Balaban J connectivity index is 1.96. The number of benzene rings is 1. The van der Waals surface area contributed by atoms with Gasteiger partial charge in [-0.2, -0.15) is 0 Å². The van der Waals surface area contributed by atoms with E-state index in [1.807, 2.05) is 30.3 Å². The highest BCUT2D eigenvalue weighted by Crippen LogP contribution is 2.03. The number of carbonyl (C=O) groups is 1. The fraction of sp³-hybridized carbons (Fsp3) is 0.231. The van der Waals surface area contributed by atoms with Gasteiger partial charge in [-0.1, -0.05) is 30.3 Å². The number of amides is 1. The van der Waals surface area contributed by atoms with Crippen LogP contribution in [0.4, 0.5) is 4.79 Å². The van der Waals surface area contributed by atoms with E-state index in [1.54, 1.807) is 6.20 Å². The Bertz CT molecular complexity index is 482. The van der Waals surface area contributed by atoms with Gasteiger partial charge in [0, 0.05) is 12.4 Å². The van der Waals surface area contributed by atoms with Gasteiger partial charge >= 0.3 is 6.03 Å². The number of hydrogen-bond donors (Lipinski definition) is 2. The molecule has 0 unspecified atom stereocenters. The first kappa shape index (κ1) is 12.3. The maximum Gasteiger partial charge on any atom is 0.327 e. The zero-order chi connectivity index (χ0) is 12.8. The Morgan fingerprint density at radius 3 is 2.78 bits per heavy atom. The highest BCUT2D eigenvalue weighted by atomic mass is 16.3. The molecule has 0 aliphatic heterocycles. The second kappa shape index (κ2) is 5.97. The van der Waals surface area contributed by atoms with E-state index < -0.39 is 0 Å². The molecule has 18 heavy (non-hydrogen) atoms. The van der Waals surface area contributed by atoms with Gasteiger partial charge in [0.2, 0.25) is 0 Å². The van der Waals surface area contributed by atoms with Crippen LogP contribution in [0.5, 0.6) is 0 Å². The van der Waals surface area contributed by atoms with Crippen LogP contribution in [-0.2, 0) is 6.42 Å². The lowest BCUT2D eigenvalue weighted by molar-refractivity contribution is 0.217. The van der Waals surface area contributed by atoms with Crippen molar-refractivity contribution in [2.24, 2.45) is 0 Å². The van der Waals surface area contributed by atoms with Gasteiger partial charge in [0.1, 0.15) is 6.33 Å². The Labute approximate surface area is 105 Å². The summed E-state index contributed by atoms with van der Waals surface area (Å²) >= 11 is 0. The third-order valence-corrected chi connectivity index (χ3v) is 2.61. The Hall–Kier alpha value is -2.14. The van der Waals surface area contributed by atoms with E-state index in [2.05, 4.69) is 10.3 Å². The van der Waals surface area contributed by atoms with E-state index in [0.29, 0.717) is 6.42 Å². The van der Waals surface area contributed by atoms with Crippen molar-refractivity contribution < 1.29 is 9.90 Å². The molecule has 0 saturated heterocycles. The maximum atomic E-state index is 11.8. The van der Waals surface area contributed by atoms with Crippen molar-refractivity contribution in [2.45, 2.75) is 12.5 Å². The first-order valence-electron chi connectivity index (χ1n) is 5.73. The lowest BCUT2D eigenvalue weighted by atomic mass is 10.1. The van der Waals surface area contributed by atoms with Crippen molar-refractivity contribution in [2.75, 3.05) is 6.61 Å². The van der Waals surface area contributed by atoms with Crippen molar-refractivity contribution in [1.82, 2.24) is 14.9 Å². The Morgan fingerprint density at radius 2 is 2.17 bits per heavy atom. The largest absolute Gasteiger partial charge is 0.394 e. The number of nitrogens with one attached hydrogen (secondary N) is 1. The molecule has 2 N–H and O–H groups in total. The van der Waals surface area contributed by atoms with E-state index in [-0.39, 0.29) is 18.7 Å². The molecule has 0 aliphatic carbocycles. The fourth-order valence-electron chi connectivity index (χ4n) is 1.69. The highest BCUT2D eigenvalue weighted by molar-refractivity contribution is 5.76. The van der Waals surface area contributed by atoms with Crippen LogP contribution in [0.1, 0.15) is 5.56 Å². The number of hydrogen-bond acceptors (Lipinski definition) is 3. The predicted octanol–water partition coefficient (Wildman–Crippen LogP) is 1.04. The molecule has 1 aromatic carbocycles. The minimum atomic E-state index is -0.303. The van der Waals surface area contributed by atoms with Gasteiger partial charge in [0.05, 0.1) is 12.6 Å². The van der Waals surface area contributed by atoms with Gasteiger partial charge < -0.3 is 10.4 Å². The summed E-state index contributed by atoms with van der Waals surface area (Å²) in [5.41, 5.74) is 1.07. The lowest BCUT2D eigenvalue weighted by Crippen LogP contribution is -2.41. The number of aliphatic hydroxyl groups is 1. The number of nitrogens with zero attached hydrogens (tertiary/aromatic N) is 2. The van der Waals surface area contributed by atoms with Crippen molar-refractivity contribution in [3.63, 3.8) is 0 Å². The lowest BCUT2D eigenvalue weighted by Gasteiger charge is -2.16. The van der Waals surface area contributed by atoms with Crippen molar-refractivity contribution in [3.8, 4) is 0 Å². The summed E-state index contributed by atoms with van der Waals surface area (Å²) in [5.74, 6) is 0. The molecule has 1 aromatic heterocycles. The fourth-order valence-corrected chi connectivity index (χ4v) is 1.69. The van der Waals surface area contributed by atoms with Crippen molar-refractivity contribution in [3.05, 3.63) is 54.6 Å². The van der Waals surface area contributed by atoms with E-state index in [0.717, 1.165) is 5.56 Å². The molecule has 1 amide bonds. The summed E-state index contributed by atoms with van der Waals surface area (Å²) in [6.45, 7) is -0.102. The standard InChI is InChI=1S/C13H15N3O2/c17-9-12(8-11-4-2-1-3-5-11)15-13(18)16-7-6-14-10-16/h1-7,10,12,17H,8-9H2,(H,15,18)/t12-/m1/s1. The minimum absolute atomic E-state index is 0.102. The second-order valence-electron chi connectivity index (χ2n) is 3.99.